The predicted octanol–water partition coefficient (Wildman–Crippen LogP) is 1.98. The topological polar surface area (TPSA) is 66.5 Å². The zero-order valence-electron chi connectivity index (χ0n) is 8.46. The molecule has 0 aromatic heterocycles. The zero-order chi connectivity index (χ0) is 11.7. The third-order valence-electron chi connectivity index (χ3n) is 2.29. The van der Waals surface area contributed by atoms with E-state index in [0.29, 0.717) is 0 Å². The lowest BCUT2D eigenvalue weighted by molar-refractivity contribution is 0.148. The van der Waals surface area contributed by atoms with Crippen molar-refractivity contribution in [1.82, 2.24) is 0 Å². The van der Waals surface area contributed by atoms with Gasteiger partial charge in [-0.2, -0.15) is 0 Å². The molecule has 0 aliphatic rings. The van der Waals surface area contributed by atoms with E-state index in [1.54, 1.807) is 6.92 Å². The number of aromatic hydroxyl groups is 1. The molecule has 4 N–H and O–H groups in total. The summed E-state index contributed by atoms with van der Waals surface area (Å²) in [5.41, 5.74) is 5.85. The predicted molar refractivity (Wildman–Crippen MR) is 59.1 cm³/mol. The number of phenols is 1. The number of aliphatic hydroxyl groups excluding tert-OH is 1. The average Bonchev–Trinajstić information content (AvgIpc) is 2.15. The zero-order valence-corrected chi connectivity index (χ0v) is 10.0. The molecule has 84 valence electrons. The van der Waals surface area contributed by atoms with Gasteiger partial charge in [-0.05, 0) is 41.4 Å². The van der Waals surface area contributed by atoms with Crippen LogP contribution in [0.3, 0.4) is 0 Å². The lowest BCUT2D eigenvalue weighted by Gasteiger charge is -2.19. The number of phenolic OH excluding ortho intramolecular Hbond substituents is 1. The molecule has 15 heavy (non-hydrogen) atoms. The first-order chi connectivity index (χ1) is 6.86. The van der Waals surface area contributed by atoms with E-state index in [1.807, 2.05) is 0 Å². The summed E-state index contributed by atoms with van der Waals surface area (Å²) >= 11 is 3.01. The summed E-state index contributed by atoms with van der Waals surface area (Å²) in [5.74, 6) is -0.659. The van der Waals surface area contributed by atoms with Gasteiger partial charge < -0.3 is 15.9 Å². The monoisotopic (exact) mass is 277 g/mol. The summed E-state index contributed by atoms with van der Waals surface area (Å²) in [5, 5.41) is 19.4. The van der Waals surface area contributed by atoms with Crippen molar-refractivity contribution in [3.63, 3.8) is 0 Å². The third kappa shape index (κ3) is 2.30. The van der Waals surface area contributed by atoms with E-state index in [2.05, 4.69) is 15.9 Å². The Morgan fingerprint density at radius 1 is 1.53 bits per heavy atom. The maximum Gasteiger partial charge on any atom is 0.136 e. The van der Waals surface area contributed by atoms with Gasteiger partial charge in [0.15, 0.2) is 0 Å². The number of halogens is 2. The summed E-state index contributed by atoms with van der Waals surface area (Å²) in [6, 6.07) is 0.575. The molecular formula is C10H13BrFNO2. The van der Waals surface area contributed by atoms with Crippen molar-refractivity contribution in [2.45, 2.75) is 26.0 Å². The molecule has 2 unspecified atom stereocenters. The van der Waals surface area contributed by atoms with Gasteiger partial charge >= 0.3 is 0 Å². The highest BCUT2D eigenvalue weighted by Crippen LogP contribution is 2.36. The Bertz CT molecular complexity index is 356. The van der Waals surface area contributed by atoms with E-state index in [1.165, 1.54) is 6.92 Å². The van der Waals surface area contributed by atoms with Gasteiger partial charge in [0.2, 0.25) is 0 Å². The highest BCUT2D eigenvalue weighted by Gasteiger charge is 2.22. The Balaban J connectivity index is 3.39. The van der Waals surface area contributed by atoms with Crippen LogP contribution in [0.4, 0.5) is 4.39 Å². The first kappa shape index (κ1) is 12.4. The lowest BCUT2D eigenvalue weighted by Crippen LogP contribution is -2.25. The van der Waals surface area contributed by atoms with E-state index in [-0.39, 0.29) is 21.3 Å². The number of benzene rings is 1. The van der Waals surface area contributed by atoms with Crippen LogP contribution in [0.5, 0.6) is 5.75 Å². The van der Waals surface area contributed by atoms with Crippen LogP contribution < -0.4 is 5.73 Å². The number of hydrogen-bond donors (Lipinski definition) is 3. The van der Waals surface area contributed by atoms with Crippen LogP contribution in [-0.4, -0.2) is 16.3 Å². The number of hydrogen-bond acceptors (Lipinski definition) is 3. The molecule has 0 aliphatic carbocycles. The summed E-state index contributed by atoms with van der Waals surface area (Å²) in [4.78, 5) is 0. The molecule has 1 rings (SSSR count). The second-order valence-corrected chi connectivity index (χ2v) is 4.39. The van der Waals surface area contributed by atoms with Crippen LogP contribution in [0, 0.1) is 12.7 Å². The van der Waals surface area contributed by atoms with Gasteiger partial charge in [-0.1, -0.05) is 0 Å². The van der Waals surface area contributed by atoms with Crippen LogP contribution in [0.2, 0.25) is 0 Å². The molecule has 1 aromatic rings. The summed E-state index contributed by atoms with van der Waals surface area (Å²) in [6.07, 6.45) is -1.09. The molecule has 0 amide bonds. The maximum atomic E-state index is 13.4. The van der Waals surface area contributed by atoms with Gasteiger partial charge in [-0.15, -0.1) is 0 Å². The normalized spacial score (nSPS) is 15.1. The molecule has 0 radical (unpaired) electrons. The van der Waals surface area contributed by atoms with Gasteiger partial charge in [0.25, 0.3) is 0 Å². The van der Waals surface area contributed by atoms with Gasteiger partial charge in [-0.3, -0.25) is 0 Å². The minimum Gasteiger partial charge on any atom is -0.506 e. The molecular weight excluding hydrogens is 265 g/mol. The molecule has 0 saturated carbocycles. The fourth-order valence-corrected chi connectivity index (χ4v) is 1.76. The van der Waals surface area contributed by atoms with Crippen molar-refractivity contribution in [2.24, 2.45) is 5.73 Å². The van der Waals surface area contributed by atoms with Crippen LogP contribution in [0.1, 0.15) is 24.2 Å². The van der Waals surface area contributed by atoms with Crippen molar-refractivity contribution in [2.75, 3.05) is 0 Å². The SMILES string of the molecule is Cc1c(F)cc(Br)c(O)c1C(O)C(C)N. The van der Waals surface area contributed by atoms with Crippen molar-refractivity contribution < 1.29 is 14.6 Å². The van der Waals surface area contributed by atoms with Crippen LogP contribution >= 0.6 is 15.9 Å². The van der Waals surface area contributed by atoms with Gasteiger partial charge in [-0.25, -0.2) is 4.39 Å². The molecule has 0 aliphatic heterocycles. The van der Waals surface area contributed by atoms with E-state index in [9.17, 15) is 14.6 Å². The standard InChI is InChI=1S/C10H13BrFNO2/c1-4-7(12)3-6(11)10(15)8(4)9(14)5(2)13/h3,5,9,14-15H,13H2,1-2H3. The summed E-state index contributed by atoms with van der Waals surface area (Å²) < 4.78 is 13.6. The quantitative estimate of drug-likeness (QED) is 0.775. The summed E-state index contributed by atoms with van der Waals surface area (Å²) in [7, 11) is 0. The molecule has 0 bridgehead atoms. The van der Waals surface area contributed by atoms with Crippen LogP contribution in [0.25, 0.3) is 0 Å². The average molecular weight is 278 g/mol. The van der Waals surface area contributed by atoms with Gasteiger partial charge in [0, 0.05) is 11.6 Å². The summed E-state index contributed by atoms with van der Waals surface area (Å²) in [6.45, 7) is 3.07. The van der Waals surface area contributed by atoms with E-state index >= 15 is 0 Å². The Hall–Kier alpha value is -0.650. The molecule has 2 atom stereocenters. The largest absolute Gasteiger partial charge is 0.506 e. The first-order valence-corrected chi connectivity index (χ1v) is 5.26. The van der Waals surface area contributed by atoms with Crippen LogP contribution in [0.15, 0.2) is 10.5 Å². The molecule has 0 saturated heterocycles. The number of aliphatic hydroxyl groups is 1. The lowest BCUT2D eigenvalue weighted by atomic mass is 9.98. The molecule has 0 heterocycles. The second-order valence-electron chi connectivity index (χ2n) is 3.53. The van der Waals surface area contributed by atoms with Crippen molar-refractivity contribution in [3.05, 3.63) is 27.5 Å². The molecule has 3 nitrogen and oxygen atoms in total. The molecule has 0 spiro atoms. The highest BCUT2D eigenvalue weighted by molar-refractivity contribution is 9.10. The van der Waals surface area contributed by atoms with Crippen molar-refractivity contribution in [1.29, 1.82) is 0 Å². The second kappa shape index (κ2) is 4.47. The minimum absolute atomic E-state index is 0.136. The van der Waals surface area contributed by atoms with Crippen molar-refractivity contribution in [3.8, 4) is 5.75 Å². The maximum absolute atomic E-state index is 13.4. The fraction of sp³-hybridized carbons (Fsp3) is 0.400. The third-order valence-corrected chi connectivity index (χ3v) is 2.90. The first-order valence-electron chi connectivity index (χ1n) is 4.47. The van der Waals surface area contributed by atoms with E-state index in [4.69, 9.17) is 5.73 Å². The van der Waals surface area contributed by atoms with Crippen LogP contribution in [-0.2, 0) is 0 Å². The number of rotatable bonds is 2. The van der Waals surface area contributed by atoms with E-state index < -0.39 is 18.0 Å². The van der Waals surface area contributed by atoms with Gasteiger partial charge in [0.1, 0.15) is 11.6 Å². The van der Waals surface area contributed by atoms with E-state index in [0.717, 1.165) is 6.07 Å². The Labute approximate surface area is 95.9 Å². The fourth-order valence-electron chi connectivity index (χ4n) is 1.35. The molecule has 0 fully saturated rings. The smallest absolute Gasteiger partial charge is 0.136 e. The Morgan fingerprint density at radius 2 is 2.07 bits per heavy atom. The minimum atomic E-state index is -1.09. The number of nitrogens with two attached hydrogens (primary N) is 1. The Morgan fingerprint density at radius 3 is 2.53 bits per heavy atom. The van der Waals surface area contributed by atoms with Crippen molar-refractivity contribution >= 4 is 15.9 Å². The highest BCUT2D eigenvalue weighted by atomic mass is 79.9. The van der Waals surface area contributed by atoms with Gasteiger partial charge in [0.05, 0.1) is 10.6 Å². The molecule has 5 heteroatoms. The molecule has 1 aromatic carbocycles. The Kier molecular flexibility index (Phi) is 3.70.